The van der Waals surface area contributed by atoms with Crippen molar-refractivity contribution in [1.29, 1.82) is 0 Å². The van der Waals surface area contributed by atoms with Crippen LogP contribution >= 0.6 is 11.6 Å². The Kier molecular flexibility index (Phi) is 6.92. The van der Waals surface area contributed by atoms with Gasteiger partial charge in [0.25, 0.3) is 5.91 Å². The minimum Gasteiger partial charge on any atom is -0.370 e. The van der Waals surface area contributed by atoms with E-state index in [0.717, 1.165) is 42.5 Å². The van der Waals surface area contributed by atoms with Gasteiger partial charge in [-0.15, -0.1) is 0 Å². The molecule has 3 rings (SSSR count). The third kappa shape index (κ3) is 5.48. The number of hydrogen-bond donors (Lipinski definition) is 2. The Bertz CT molecular complexity index is 711. The quantitative estimate of drug-likeness (QED) is 0.734. The summed E-state index contributed by atoms with van der Waals surface area (Å²) < 4.78 is 0. The standard InChI is InChI=1S/C21H26ClN3O/c22-18-10-8-17(9-11-18)12-13-23-16-21(26)24-19-6-2-3-7-20(19)25-14-4-1-5-15-25/h2-3,6-11,23H,1,4-5,12-16H2,(H,24,26)/p+1. The highest BCUT2D eigenvalue weighted by molar-refractivity contribution is 6.30. The number of para-hydroxylation sites is 2. The van der Waals surface area contributed by atoms with E-state index in [1.165, 1.54) is 24.8 Å². The molecule has 1 heterocycles. The number of carbonyl (C=O) groups excluding carboxylic acids is 1. The van der Waals surface area contributed by atoms with Gasteiger partial charge in [-0.2, -0.15) is 0 Å². The summed E-state index contributed by atoms with van der Waals surface area (Å²) in [6.07, 6.45) is 4.67. The van der Waals surface area contributed by atoms with E-state index in [0.29, 0.717) is 6.54 Å². The molecule has 1 amide bonds. The van der Waals surface area contributed by atoms with Crippen LogP contribution in [0.15, 0.2) is 48.5 Å². The van der Waals surface area contributed by atoms with Crippen LogP contribution in [0.1, 0.15) is 24.8 Å². The van der Waals surface area contributed by atoms with Gasteiger partial charge in [0.15, 0.2) is 6.54 Å². The third-order valence-corrected chi connectivity index (χ3v) is 5.01. The SMILES string of the molecule is O=C(C[NH2+]CCc1ccc(Cl)cc1)Nc1ccccc1N1CCCCC1. The molecule has 0 atom stereocenters. The first-order chi connectivity index (χ1) is 12.7. The molecule has 1 saturated heterocycles. The normalized spacial score (nSPS) is 14.3. The van der Waals surface area contributed by atoms with Gasteiger partial charge in [0.05, 0.1) is 17.9 Å². The summed E-state index contributed by atoms with van der Waals surface area (Å²) in [5.41, 5.74) is 3.30. The van der Waals surface area contributed by atoms with Crippen molar-refractivity contribution in [3.05, 3.63) is 59.1 Å². The number of amides is 1. The summed E-state index contributed by atoms with van der Waals surface area (Å²) in [5.74, 6) is 0.0468. The van der Waals surface area contributed by atoms with Gasteiger partial charge in [0.1, 0.15) is 0 Å². The molecular formula is C21H27ClN3O+. The van der Waals surface area contributed by atoms with E-state index < -0.39 is 0 Å². The number of hydrogen-bond acceptors (Lipinski definition) is 2. The molecule has 0 unspecified atom stereocenters. The van der Waals surface area contributed by atoms with Crippen LogP contribution in [0, 0.1) is 0 Å². The minimum atomic E-state index is 0.0468. The zero-order valence-electron chi connectivity index (χ0n) is 15.1. The number of benzene rings is 2. The molecule has 4 nitrogen and oxygen atoms in total. The van der Waals surface area contributed by atoms with Crippen molar-refractivity contribution >= 4 is 28.9 Å². The van der Waals surface area contributed by atoms with Crippen LogP contribution in [0.5, 0.6) is 0 Å². The zero-order chi connectivity index (χ0) is 18.2. The first kappa shape index (κ1) is 18.7. The van der Waals surface area contributed by atoms with Crippen LogP contribution in [0.25, 0.3) is 0 Å². The Hall–Kier alpha value is -2.04. The summed E-state index contributed by atoms with van der Waals surface area (Å²) in [7, 11) is 0. The summed E-state index contributed by atoms with van der Waals surface area (Å²) in [6.45, 7) is 3.45. The van der Waals surface area contributed by atoms with E-state index >= 15 is 0 Å². The molecule has 0 bridgehead atoms. The van der Waals surface area contributed by atoms with Crippen LogP contribution in [0.3, 0.4) is 0 Å². The molecule has 1 aliphatic rings. The molecule has 1 fully saturated rings. The maximum absolute atomic E-state index is 12.3. The summed E-state index contributed by atoms with van der Waals surface area (Å²) in [6, 6.07) is 16.0. The predicted molar refractivity (Wildman–Crippen MR) is 108 cm³/mol. The van der Waals surface area contributed by atoms with E-state index in [2.05, 4.69) is 16.3 Å². The molecule has 5 heteroatoms. The smallest absolute Gasteiger partial charge is 0.279 e. The van der Waals surface area contributed by atoms with Gasteiger partial charge in [-0.3, -0.25) is 4.79 Å². The average Bonchev–Trinajstić information content (AvgIpc) is 2.68. The molecule has 3 N–H and O–H groups in total. The lowest BCUT2D eigenvalue weighted by Crippen LogP contribution is -2.86. The lowest BCUT2D eigenvalue weighted by Gasteiger charge is -2.30. The molecular weight excluding hydrogens is 346 g/mol. The van der Waals surface area contributed by atoms with Gasteiger partial charge in [0.2, 0.25) is 0 Å². The topological polar surface area (TPSA) is 49.0 Å². The molecule has 1 aliphatic heterocycles. The van der Waals surface area contributed by atoms with E-state index in [-0.39, 0.29) is 5.91 Å². The molecule has 0 saturated carbocycles. The number of carbonyl (C=O) groups is 1. The second-order valence-electron chi connectivity index (χ2n) is 6.77. The molecule has 138 valence electrons. The van der Waals surface area contributed by atoms with Gasteiger partial charge >= 0.3 is 0 Å². The van der Waals surface area contributed by atoms with Crippen molar-refractivity contribution in [2.75, 3.05) is 36.4 Å². The number of nitrogens with one attached hydrogen (secondary N) is 1. The second kappa shape index (κ2) is 9.60. The lowest BCUT2D eigenvalue weighted by atomic mass is 10.1. The van der Waals surface area contributed by atoms with Crippen LogP contribution in [0.4, 0.5) is 11.4 Å². The Labute approximate surface area is 160 Å². The maximum Gasteiger partial charge on any atom is 0.279 e. The Balaban J connectivity index is 1.46. The first-order valence-electron chi connectivity index (χ1n) is 9.42. The number of nitrogens with zero attached hydrogens (tertiary/aromatic N) is 1. The predicted octanol–water partition coefficient (Wildman–Crippen LogP) is 3.07. The van der Waals surface area contributed by atoms with E-state index in [1.807, 2.05) is 47.8 Å². The van der Waals surface area contributed by atoms with Crippen molar-refractivity contribution < 1.29 is 10.1 Å². The van der Waals surface area contributed by atoms with Gasteiger partial charge in [-0.1, -0.05) is 35.9 Å². The number of halogens is 1. The summed E-state index contributed by atoms with van der Waals surface area (Å²) in [4.78, 5) is 14.7. The lowest BCUT2D eigenvalue weighted by molar-refractivity contribution is -0.643. The molecule has 2 aromatic rings. The fourth-order valence-electron chi connectivity index (χ4n) is 3.34. The van der Waals surface area contributed by atoms with E-state index in [9.17, 15) is 4.79 Å². The number of piperidine rings is 1. The molecule has 26 heavy (non-hydrogen) atoms. The molecule has 2 aromatic carbocycles. The van der Waals surface area contributed by atoms with Crippen molar-refractivity contribution in [3.8, 4) is 0 Å². The molecule has 0 aliphatic carbocycles. The van der Waals surface area contributed by atoms with E-state index in [1.54, 1.807) is 0 Å². The van der Waals surface area contributed by atoms with Gasteiger partial charge in [-0.05, 0) is 49.1 Å². The highest BCUT2D eigenvalue weighted by Crippen LogP contribution is 2.28. The van der Waals surface area contributed by atoms with E-state index in [4.69, 9.17) is 11.6 Å². The third-order valence-electron chi connectivity index (χ3n) is 4.76. The fraction of sp³-hybridized carbons (Fsp3) is 0.381. The highest BCUT2D eigenvalue weighted by Gasteiger charge is 2.15. The number of quaternary nitrogens is 1. The monoisotopic (exact) mass is 372 g/mol. The first-order valence-corrected chi connectivity index (χ1v) is 9.80. The molecule has 0 spiro atoms. The average molecular weight is 373 g/mol. The van der Waals surface area contributed by atoms with Gasteiger partial charge in [0, 0.05) is 24.5 Å². The van der Waals surface area contributed by atoms with Gasteiger partial charge in [-0.25, -0.2) is 0 Å². The van der Waals surface area contributed by atoms with Crippen molar-refractivity contribution in [1.82, 2.24) is 0 Å². The van der Waals surface area contributed by atoms with Crippen LogP contribution in [-0.2, 0) is 11.2 Å². The molecule has 0 radical (unpaired) electrons. The van der Waals surface area contributed by atoms with Crippen molar-refractivity contribution in [2.45, 2.75) is 25.7 Å². The maximum atomic E-state index is 12.3. The van der Waals surface area contributed by atoms with Crippen molar-refractivity contribution in [2.24, 2.45) is 0 Å². The summed E-state index contributed by atoms with van der Waals surface area (Å²) >= 11 is 5.90. The Morgan fingerprint density at radius 2 is 1.77 bits per heavy atom. The largest absolute Gasteiger partial charge is 0.370 e. The highest BCUT2D eigenvalue weighted by atomic mass is 35.5. The summed E-state index contributed by atoms with van der Waals surface area (Å²) in [5, 5.41) is 5.89. The molecule has 0 aromatic heterocycles. The number of nitrogens with two attached hydrogens (primary N) is 1. The number of anilines is 2. The number of rotatable bonds is 7. The van der Waals surface area contributed by atoms with Crippen LogP contribution < -0.4 is 15.5 Å². The Morgan fingerprint density at radius 1 is 1.04 bits per heavy atom. The van der Waals surface area contributed by atoms with Crippen LogP contribution in [0.2, 0.25) is 5.02 Å². The minimum absolute atomic E-state index is 0.0468. The fourth-order valence-corrected chi connectivity index (χ4v) is 3.47. The Morgan fingerprint density at radius 3 is 2.54 bits per heavy atom. The van der Waals surface area contributed by atoms with Crippen molar-refractivity contribution in [3.63, 3.8) is 0 Å². The van der Waals surface area contributed by atoms with Gasteiger partial charge < -0.3 is 15.5 Å². The van der Waals surface area contributed by atoms with Crippen LogP contribution in [-0.4, -0.2) is 32.1 Å². The second-order valence-corrected chi connectivity index (χ2v) is 7.21. The zero-order valence-corrected chi connectivity index (χ0v) is 15.8.